The van der Waals surface area contributed by atoms with Crippen molar-refractivity contribution < 1.29 is 0 Å². The van der Waals surface area contributed by atoms with Gasteiger partial charge in [-0.25, -0.2) is 4.98 Å². The highest BCUT2D eigenvalue weighted by Crippen LogP contribution is 2.21. The Hall–Kier alpha value is -3.60. The van der Waals surface area contributed by atoms with Crippen LogP contribution in [0.2, 0.25) is 0 Å². The second-order valence-electron chi connectivity index (χ2n) is 5.95. The third-order valence-corrected chi connectivity index (χ3v) is 4.24. The monoisotopic (exact) mass is 342 g/mol. The minimum absolute atomic E-state index is 0.0858. The number of para-hydroxylation sites is 2. The van der Waals surface area contributed by atoms with Crippen LogP contribution in [0.1, 0.15) is 5.56 Å². The van der Waals surface area contributed by atoms with Gasteiger partial charge < -0.3 is 14.9 Å². The van der Waals surface area contributed by atoms with Crippen LogP contribution in [0.4, 0.5) is 5.69 Å². The first-order valence-corrected chi connectivity index (χ1v) is 8.39. The number of nitrogens with one attached hydrogen (secondary N) is 2. The third kappa shape index (κ3) is 3.28. The van der Waals surface area contributed by atoms with E-state index in [1.165, 1.54) is 0 Å². The Morgan fingerprint density at radius 1 is 1.00 bits per heavy atom. The summed E-state index contributed by atoms with van der Waals surface area (Å²) in [7, 11) is 0. The highest BCUT2D eigenvalue weighted by atomic mass is 16.1. The van der Waals surface area contributed by atoms with E-state index in [9.17, 15) is 4.79 Å². The molecule has 5 nitrogen and oxygen atoms in total. The normalized spacial score (nSPS) is 10.6. The van der Waals surface area contributed by atoms with Gasteiger partial charge >= 0.3 is 0 Å². The minimum atomic E-state index is -0.0858. The van der Waals surface area contributed by atoms with Crippen molar-refractivity contribution in [3.8, 4) is 16.8 Å². The molecule has 26 heavy (non-hydrogen) atoms. The number of benzene rings is 2. The predicted molar refractivity (Wildman–Crippen MR) is 103 cm³/mol. The van der Waals surface area contributed by atoms with Gasteiger partial charge in [-0.15, -0.1) is 0 Å². The molecule has 0 amide bonds. The van der Waals surface area contributed by atoms with E-state index in [4.69, 9.17) is 0 Å². The Balaban J connectivity index is 1.61. The molecule has 0 bridgehead atoms. The molecule has 5 heteroatoms. The summed E-state index contributed by atoms with van der Waals surface area (Å²) in [6, 6.07) is 19.9. The molecule has 0 radical (unpaired) electrons. The van der Waals surface area contributed by atoms with E-state index in [-0.39, 0.29) is 5.56 Å². The molecule has 0 saturated carbocycles. The summed E-state index contributed by atoms with van der Waals surface area (Å²) in [6.45, 7) is 0.432. The molecule has 0 saturated heterocycles. The van der Waals surface area contributed by atoms with Crippen molar-refractivity contribution in [2.24, 2.45) is 0 Å². The topological polar surface area (TPSA) is 62.7 Å². The molecule has 0 aliphatic heterocycles. The molecular formula is C21H18N4O. The molecule has 2 N–H and O–H groups in total. The van der Waals surface area contributed by atoms with Crippen LogP contribution in [0, 0.1) is 0 Å². The third-order valence-electron chi connectivity index (χ3n) is 4.24. The first-order chi connectivity index (χ1) is 12.8. The lowest BCUT2D eigenvalue weighted by molar-refractivity contribution is 1.03. The van der Waals surface area contributed by atoms with Gasteiger partial charge in [-0.2, -0.15) is 0 Å². The zero-order valence-corrected chi connectivity index (χ0v) is 14.1. The lowest BCUT2D eigenvalue weighted by Gasteiger charge is -2.12. The Morgan fingerprint density at radius 2 is 1.81 bits per heavy atom. The van der Waals surface area contributed by atoms with Gasteiger partial charge in [0, 0.05) is 30.7 Å². The molecule has 4 rings (SSSR count). The number of nitrogens with zero attached hydrogens (tertiary/aromatic N) is 2. The van der Waals surface area contributed by atoms with Crippen LogP contribution in [-0.4, -0.2) is 14.5 Å². The average Bonchev–Trinajstić information content (AvgIpc) is 3.23. The zero-order chi connectivity index (χ0) is 17.8. The van der Waals surface area contributed by atoms with E-state index < -0.39 is 0 Å². The summed E-state index contributed by atoms with van der Waals surface area (Å²) in [5.74, 6) is 0. The largest absolute Gasteiger partial charge is 0.379 e. The average molecular weight is 342 g/mol. The number of pyridine rings is 1. The number of imidazole rings is 1. The molecule has 4 aromatic rings. The van der Waals surface area contributed by atoms with Crippen molar-refractivity contribution in [1.82, 2.24) is 14.5 Å². The van der Waals surface area contributed by atoms with Crippen molar-refractivity contribution in [2.45, 2.75) is 6.54 Å². The summed E-state index contributed by atoms with van der Waals surface area (Å²) in [5, 5.41) is 3.37. The fourth-order valence-corrected chi connectivity index (χ4v) is 2.90. The van der Waals surface area contributed by atoms with E-state index in [0.717, 1.165) is 22.5 Å². The molecule has 2 aromatic carbocycles. The molecule has 128 valence electrons. The smallest absolute Gasteiger partial charge is 0.252 e. The maximum absolute atomic E-state index is 12.2. The van der Waals surface area contributed by atoms with Gasteiger partial charge in [0.15, 0.2) is 0 Å². The Labute approximate surface area is 151 Å². The number of anilines is 1. The highest BCUT2D eigenvalue weighted by Gasteiger charge is 2.07. The van der Waals surface area contributed by atoms with E-state index in [2.05, 4.69) is 15.3 Å². The summed E-state index contributed by atoms with van der Waals surface area (Å²) >= 11 is 0. The van der Waals surface area contributed by atoms with E-state index in [0.29, 0.717) is 12.1 Å². The Morgan fingerprint density at radius 3 is 2.62 bits per heavy atom. The molecule has 0 unspecified atom stereocenters. The molecular weight excluding hydrogens is 324 g/mol. The molecule has 2 heterocycles. The van der Waals surface area contributed by atoms with Crippen molar-refractivity contribution in [2.75, 3.05) is 5.32 Å². The predicted octanol–water partition coefficient (Wildman–Crippen LogP) is 3.84. The van der Waals surface area contributed by atoms with Crippen LogP contribution in [0.25, 0.3) is 16.8 Å². The van der Waals surface area contributed by atoms with E-state index in [1.807, 2.05) is 71.4 Å². The fraction of sp³-hybridized carbons (Fsp3) is 0.0476. The van der Waals surface area contributed by atoms with Crippen LogP contribution < -0.4 is 10.9 Å². The summed E-state index contributed by atoms with van der Waals surface area (Å²) in [4.78, 5) is 19.2. The molecule has 0 aliphatic rings. The molecule has 0 atom stereocenters. The van der Waals surface area contributed by atoms with Crippen LogP contribution in [-0.2, 0) is 6.54 Å². The first kappa shape index (κ1) is 15.9. The Kier molecular flexibility index (Phi) is 4.35. The van der Waals surface area contributed by atoms with Crippen LogP contribution in [0.15, 0.2) is 90.4 Å². The Bertz CT molecular complexity index is 1050. The molecule has 0 fully saturated rings. The molecule has 0 spiro atoms. The lowest BCUT2D eigenvalue weighted by Crippen LogP contribution is -2.16. The van der Waals surface area contributed by atoms with Gasteiger partial charge in [-0.05, 0) is 29.3 Å². The molecule has 2 aromatic heterocycles. The maximum atomic E-state index is 12.2. The molecule has 0 aliphatic carbocycles. The standard InChI is InChI=1S/C21H18N4O/c26-21-18(12-17(13-24-21)16-6-2-1-3-7-16)14-23-19-8-4-5-9-20(19)25-11-10-22-15-25/h1-13,15,23H,14H2,(H,24,26). The maximum Gasteiger partial charge on any atom is 0.252 e. The minimum Gasteiger partial charge on any atom is -0.379 e. The first-order valence-electron chi connectivity index (χ1n) is 8.39. The van der Waals surface area contributed by atoms with E-state index in [1.54, 1.807) is 18.7 Å². The van der Waals surface area contributed by atoms with Gasteiger partial charge in [-0.3, -0.25) is 4.79 Å². The number of rotatable bonds is 5. The van der Waals surface area contributed by atoms with Gasteiger partial charge in [0.25, 0.3) is 5.56 Å². The second kappa shape index (κ2) is 7.11. The second-order valence-corrected chi connectivity index (χ2v) is 5.95. The van der Waals surface area contributed by atoms with Crippen LogP contribution >= 0.6 is 0 Å². The van der Waals surface area contributed by atoms with Gasteiger partial charge in [-0.1, -0.05) is 42.5 Å². The van der Waals surface area contributed by atoms with Gasteiger partial charge in [0.05, 0.1) is 17.7 Å². The van der Waals surface area contributed by atoms with E-state index >= 15 is 0 Å². The summed E-state index contributed by atoms with van der Waals surface area (Å²) in [5.41, 5.74) is 4.59. The van der Waals surface area contributed by atoms with Crippen molar-refractivity contribution in [3.63, 3.8) is 0 Å². The SMILES string of the molecule is O=c1[nH]cc(-c2ccccc2)cc1CNc1ccccc1-n1ccnc1. The van der Waals surface area contributed by atoms with Crippen LogP contribution in [0.5, 0.6) is 0 Å². The summed E-state index contributed by atoms with van der Waals surface area (Å²) < 4.78 is 1.94. The highest BCUT2D eigenvalue weighted by molar-refractivity contribution is 5.64. The number of aromatic amines is 1. The van der Waals surface area contributed by atoms with Crippen molar-refractivity contribution in [3.05, 3.63) is 101 Å². The number of hydrogen-bond acceptors (Lipinski definition) is 3. The fourth-order valence-electron chi connectivity index (χ4n) is 2.90. The van der Waals surface area contributed by atoms with Crippen LogP contribution in [0.3, 0.4) is 0 Å². The van der Waals surface area contributed by atoms with Gasteiger partial charge in [0.2, 0.25) is 0 Å². The van der Waals surface area contributed by atoms with Crippen molar-refractivity contribution in [1.29, 1.82) is 0 Å². The van der Waals surface area contributed by atoms with Crippen molar-refractivity contribution >= 4 is 5.69 Å². The quantitative estimate of drug-likeness (QED) is 0.579. The zero-order valence-electron chi connectivity index (χ0n) is 14.1. The number of hydrogen-bond donors (Lipinski definition) is 2. The number of aromatic nitrogens is 3. The lowest BCUT2D eigenvalue weighted by atomic mass is 10.1. The number of H-pyrrole nitrogens is 1. The van der Waals surface area contributed by atoms with Gasteiger partial charge in [0.1, 0.15) is 0 Å². The summed E-state index contributed by atoms with van der Waals surface area (Å²) in [6.07, 6.45) is 7.14.